The third kappa shape index (κ3) is 5.89. The molecule has 1 aliphatic rings. The molecular formula is C22H24F3N3O2. The molecule has 0 saturated carbocycles. The van der Waals surface area contributed by atoms with Gasteiger partial charge in [-0.15, -0.1) is 0 Å². The van der Waals surface area contributed by atoms with Crippen molar-refractivity contribution in [1.82, 2.24) is 15.2 Å². The molecule has 0 fully saturated rings. The first-order valence-electron chi connectivity index (χ1n) is 9.95. The summed E-state index contributed by atoms with van der Waals surface area (Å²) in [4.78, 5) is 28.9. The van der Waals surface area contributed by atoms with Crippen LogP contribution in [0.5, 0.6) is 0 Å². The van der Waals surface area contributed by atoms with E-state index in [1.165, 1.54) is 18.0 Å². The number of amides is 1. The quantitative estimate of drug-likeness (QED) is 0.700. The Labute approximate surface area is 173 Å². The second kappa shape index (κ2) is 9.84. The molecule has 1 amide bonds. The van der Waals surface area contributed by atoms with E-state index < -0.39 is 12.1 Å². The van der Waals surface area contributed by atoms with Crippen LogP contribution >= 0.6 is 0 Å². The Morgan fingerprint density at radius 2 is 1.73 bits per heavy atom. The zero-order valence-corrected chi connectivity index (χ0v) is 16.5. The summed E-state index contributed by atoms with van der Waals surface area (Å²) in [5.41, 5.74) is 3.47. The Bertz CT molecular complexity index is 885. The number of benzene rings is 1. The molecule has 1 aliphatic heterocycles. The topological polar surface area (TPSA) is 62.3 Å². The number of alkyl halides is 3. The van der Waals surface area contributed by atoms with Crippen LogP contribution in [-0.2, 0) is 24.2 Å². The van der Waals surface area contributed by atoms with Crippen molar-refractivity contribution in [2.24, 2.45) is 0 Å². The molecule has 0 aliphatic carbocycles. The van der Waals surface area contributed by atoms with E-state index in [4.69, 9.17) is 0 Å². The highest BCUT2D eigenvalue weighted by atomic mass is 19.4. The number of nitrogens with zero attached hydrogens (tertiary/aromatic N) is 2. The Kier molecular flexibility index (Phi) is 7.20. The average molecular weight is 419 g/mol. The molecule has 0 bridgehead atoms. The molecule has 30 heavy (non-hydrogen) atoms. The maximum atomic E-state index is 13.0. The number of carbonyl (C=O) groups is 2. The molecule has 1 aromatic carbocycles. The van der Waals surface area contributed by atoms with Gasteiger partial charge in [0.1, 0.15) is 0 Å². The Hall–Kier alpha value is -2.74. The number of hydrogen-bond donors (Lipinski definition) is 1. The second-order valence-electron chi connectivity index (χ2n) is 7.34. The SMILES string of the molecule is O=C(CCCN(Cc1ccncc1)C(=O)C(F)(F)F)c1ccc2c(c1)CCNCC2. The molecule has 0 spiro atoms. The lowest BCUT2D eigenvalue weighted by molar-refractivity contribution is -0.186. The fourth-order valence-corrected chi connectivity index (χ4v) is 3.56. The van der Waals surface area contributed by atoms with Crippen molar-refractivity contribution in [3.8, 4) is 0 Å². The molecule has 8 heteroatoms. The van der Waals surface area contributed by atoms with Crippen molar-refractivity contribution in [3.63, 3.8) is 0 Å². The van der Waals surface area contributed by atoms with Gasteiger partial charge in [-0.05, 0) is 67.2 Å². The number of carbonyl (C=O) groups excluding carboxylic acids is 2. The number of rotatable bonds is 7. The van der Waals surface area contributed by atoms with Gasteiger partial charge in [0.25, 0.3) is 0 Å². The summed E-state index contributed by atoms with van der Waals surface area (Å²) in [6.07, 6.45) is -0.0447. The highest BCUT2D eigenvalue weighted by Crippen LogP contribution is 2.21. The smallest absolute Gasteiger partial charge is 0.331 e. The number of Topliss-reactive ketones (excluding diaryl/α,β-unsaturated/α-hetero) is 1. The summed E-state index contributed by atoms with van der Waals surface area (Å²) in [6.45, 7) is 1.43. The van der Waals surface area contributed by atoms with E-state index in [9.17, 15) is 22.8 Å². The van der Waals surface area contributed by atoms with Gasteiger partial charge < -0.3 is 10.2 Å². The van der Waals surface area contributed by atoms with Gasteiger partial charge in [-0.1, -0.05) is 12.1 Å². The number of aromatic nitrogens is 1. The highest BCUT2D eigenvalue weighted by molar-refractivity contribution is 5.96. The lowest BCUT2D eigenvalue weighted by Crippen LogP contribution is -2.41. The van der Waals surface area contributed by atoms with E-state index >= 15 is 0 Å². The minimum Gasteiger partial charge on any atom is -0.331 e. The minimum atomic E-state index is -4.96. The van der Waals surface area contributed by atoms with E-state index in [-0.39, 0.29) is 31.7 Å². The number of pyridine rings is 1. The van der Waals surface area contributed by atoms with Gasteiger partial charge in [0.15, 0.2) is 5.78 Å². The Morgan fingerprint density at radius 1 is 1.03 bits per heavy atom. The van der Waals surface area contributed by atoms with Crippen LogP contribution in [0, 0.1) is 0 Å². The van der Waals surface area contributed by atoms with Crippen molar-refractivity contribution in [1.29, 1.82) is 0 Å². The summed E-state index contributed by atoms with van der Waals surface area (Å²) < 4.78 is 38.9. The van der Waals surface area contributed by atoms with Crippen molar-refractivity contribution in [3.05, 3.63) is 65.0 Å². The molecule has 5 nitrogen and oxygen atoms in total. The van der Waals surface area contributed by atoms with Crippen molar-refractivity contribution < 1.29 is 22.8 Å². The lowest BCUT2D eigenvalue weighted by Gasteiger charge is -2.23. The molecule has 160 valence electrons. The van der Waals surface area contributed by atoms with Crippen molar-refractivity contribution in [2.75, 3.05) is 19.6 Å². The molecule has 1 N–H and O–H groups in total. The third-order valence-electron chi connectivity index (χ3n) is 5.15. The van der Waals surface area contributed by atoms with Crippen LogP contribution in [0.15, 0.2) is 42.7 Å². The van der Waals surface area contributed by atoms with E-state index in [2.05, 4.69) is 10.3 Å². The Morgan fingerprint density at radius 3 is 2.43 bits per heavy atom. The monoisotopic (exact) mass is 419 g/mol. The molecule has 0 radical (unpaired) electrons. The number of hydrogen-bond acceptors (Lipinski definition) is 4. The van der Waals surface area contributed by atoms with Crippen LogP contribution in [-0.4, -0.2) is 47.4 Å². The molecule has 3 rings (SSSR count). The standard InChI is InChI=1S/C22H24F3N3O2/c23-22(24,25)21(30)28(15-16-5-9-26-10-6-16)13-1-2-20(29)19-4-3-17-7-11-27-12-8-18(17)14-19/h3-6,9-10,14,27H,1-2,7-8,11-13,15H2. The molecule has 0 atom stereocenters. The van der Waals surface area contributed by atoms with E-state index in [0.29, 0.717) is 11.1 Å². The Balaban J connectivity index is 1.62. The van der Waals surface area contributed by atoms with Gasteiger partial charge in [0, 0.05) is 37.5 Å². The molecule has 0 saturated heterocycles. The summed E-state index contributed by atoms with van der Waals surface area (Å²) in [5, 5.41) is 3.31. The molecule has 1 aromatic heterocycles. The van der Waals surface area contributed by atoms with Gasteiger partial charge >= 0.3 is 12.1 Å². The van der Waals surface area contributed by atoms with E-state index in [1.54, 1.807) is 18.2 Å². The number of halogens is 3. The first-order valence-corrected chi connectivity index (χ1v) is 9.95. The maximum absolute atomic E-state index is 13.0. The van der Waals surface area contributed by atoms with Gasteiger partial charge in [-0.3, -0.25) is 14.6 Å². The van der Waals surface area contributed by atoms with Crippen LogP contribution in [0.1, 0.15) is 39.9 Å². The fraction of sp³-hybridized carbons (Fsp3) is 0.409. The maximum Gasteiger partial charge on any atom is 0.471 e. The normalized spacial score (nSPS) is 14.0. The van der Waals surface area contributed by atoms with E-state index in [1.807, 2.05) is 12.1 Å². The first-order chi connectivity index (χ1) is 14.3. The van der Waals surface area contributed by atoms with Gasteiger partial charge in [0.05, 0.1) is 0 Å². The molecule has 2 heterocycles. The minimum absolute atomic E-state index is 0.0784. The van der Waals surface area contributed by atoms with Gasteiger partial charge in [-0.25, -0.2) is 0 Å². The third-order valence-corrected chi connectivity index (χ3v) is 5.15. The summed E-state index contributed by atoms with van der Waals surface area (Å²) in [7, 11) is 0. The summed E-state index contributed by atoms with van der Waals surface area (Å²) >= 11 is 0. The predicted molar refractivity (Wildman–Crippen MR) is 106 cm³/mol. The van der Waals surface area contributed by atoms with Crippen LogP contribution in [0.3, 0.4) is 0 Å². The molecular weight excluding hydrogens is 395 g/mol. The summed E-state index contributed by atoms with van der Waals surface area (Å²) in [5.74, 6) is -2.03. The highest BCUT2D eigenvalue weighted by Gasteiger charge is 2.42. The summed E-state index contributed by atoms with van der Waals surface area (Å²) in [6, 6.07) is 8.75. The number of nitrogens with one attached hydrogen (secondary N) is 1. The molecule has 2 aromatic rings. The number of fused-ring (bicyclic) bond motifs is 1. The second-order valence-corrected chi connectivity index (χ2v) is 7.34. The molecule has 0 unspecified atom stereocenters. The average Bonchev–Trinajstić information content (AvgIpc) is 2.97. The largest absolute Gasteiger partial charge is 0.471 e. The fourth-order valence-electron chi connectivity index (χ4n) is 3.56. The first kappa shape index (κ1) is 22.0. The number of ketones is 1. The predicted octanol–water partition coefficient (Wildman–Crippen LogP) is 3.32. The van der Waals surface area contributed by atoms with Crippen LogP contribution in [0.4, 0.5) is 13.2 Å². The van der Waals surface area contributed by atoms with Crippen molar-refractivity contribution >= 4 is 11.7 Å². The zero-order chi connectivity index (χ0) is 21.6. The van der Waals surface area contributed by atoms with Crippen LogP contribution in [0.2, 0.25) is 0 Å². The zero-order valence-electron chi connectivity index (χ0n) is 16.5. The van der Waals surface area contributed by atoms with Gasteiger partial charge in [-0.2, -0.15) is 13.2 Å². The van der Waals surface area contributed by atoms with Crippen molar-refractivity contribution in [2.45, 2.75) is 38.4 Å². The lowest BCUT2D eigenvalue weighted by atomic mass is 9.97. The van der Waals surface area contributed by atoms with Crippen LogP contribution < -0.4 is 5.32 Å². The van der Waals surface area contributed by atoms with Gasteiger partial charge in [0.2, 0.25) is 0 Å². The van der Waals surface area contributed by atoms with E-state index in [0.717, 1.165) is 36.4 Å². The van der Waals surface area contributed by atoms with Crippen LogP contribution in [0.25, 0.3) is 0 Å².